The van der Waals surface area contributed by atoms with Crippen molar-refractivity contribution in [1.82, 2.24) is 15.2 Å². The minimum absolute atomic E-state index is 0.133. The van der Waals surface area contributed by atoms with E-state index in [9.17, 15) is 4.79 Å². The number of aryl methyl sites for hydroxylation is 1. The predicted molar refractivity (Wildman–Crippen MR) is 120 cm³/mol. The number of amides is 1. The summed E-state index contributed by atoms with van der Waals surface area (Å²) in [4.78, 5) is 12.0. The molecule has 1 aromatic heterocycles. The number of nitrogens with zero attached hydrogens (tertiary/aromatic N) is 3. The van der Waals surface area contributed by atoms with Crippen LogP contribution >= 0.6 is 0 Å². The Hall–Kier alpha value is -3.81. The van der Waals surface area contributed by atoms with Gasteiger partial charge in [0.25, 0.3) is 0 Å². The first-order valence-electron chi connectivity index (χ1n) is 10.0. The van der Waals surface area contributed by atoms with Crippen molar-refractivity contribution in [2.45, 2.75) is 26.5 Å². The van der Waals surface area contributed by atoms with Gasteiger partial charge in [-0.25, -0.2) is 10.1 Å². The molecule has 162 valence electrons. The Labute approximate surface area is 181 Å². The van der Waals surface area contributed by atoms with Gasteiger partial charge in [0, 0.05) is 31.0 Å². The van der Waals surface area contributed by atoms with Gasteiger partial charge in [0.15, 0.2) is 18.2 Å². The van der Waals surface area contributed by atoms with Crippen molar-refractivity contribution >= 4 is 17.8 Å². The molecule has 1 heterocycles. The molecule has 0 spiro atoms. The van der Waals surface area contributed by atoms with Crippen molar-refractivity contribution in [3.8, 4) is 11.5 Å². The number of hydrogen-bond donors (Lipinski definition) is 2. The molecule has 2 N–H and O–H groups in total. The number of ether oxygens (including phenoxy) is 2. The van der Waals surface area contributed by atoms with E-state index in [1.54, 1.807) is 36.3 Å². The summed E-state index contributed by atoms with van der Waals surface area (Å²) in [6.45, 7) is 3.03. The van der Waals surface area contributed by atoms with Gasteiger partial charge in [0.2, 0.25) is 5.91 Å². The standard InChI is InChI=1S/C23H27N5O3/c1-18-6-3-7-20(14-18)24-11-4-8-23(29)27-25-16-19-9-10-21(30-2)22(15-19)31-17-28-13-5-12-26-28/h3,5-7,9-10,12-16,24H,4,8,11,17H2,1-2H3,(H,27,29)/b25-16+. The lowest BCUT2D eigenvalue weighted by molar-refractivity contribution is -0.121. The third kappa shape index (κ3) is 7.18. The van der Waals surface area contributed by atoms with Crippen molar-refractivity contribution in [2.24, 2.45) is 5.10 Å². The summed E-state index contributed by atoms with van der Waals surface area (Å²) in [6.07, 6.45) is 6.16. The van der Waals surface area contributed by atoms with Gasteiger partial charge in [0.1, 0.15) is 0 Å². The molecule has 0 atom stereocenters. The number of rotatable bonds is 11. The monoisotopic (exact) mass is 421 g/mol. The highest BCUT2D eigenvalue weighted by molar-refractivity contribution is 5.83. The molecule has 8 nitrogen and oxygen atoms in total. The number of carbonyl (C=O) groups is 1. The number of benzene rings is 2. The molecule has 0 saturated carbocycles. The number of methoxy groups -OCH3 is 1. The Balaban J connectivity index is 1.43. The highest BCUT2D eigenvalue weighted by atomic mass is 16.5. The molecule has 3 rings (SSSR count). The number of nitrogens with one attached hydrogen (secondary N) is 2. The summed E-state index contributed by atoms with van der Waals surface area (Å²) in [5.74, 6) is 1.04. The second-order valence-electron chi connectivity index (χ2n) is 6.92. The van der Waals surface area contributed by atoms with E-state index in [0.29, 0.717) is 24.3 Å². The highest BCUT2D eigenvalue weighted by Crippen LogP contribution is 2.27. The summed E-state index contributed by atoms with van der Waals surface area (Å²) in [6, 6.07) is 15.4. The quantitative estimate of drug-likeness (QED) is 0.281. The van der Waals surface area contributed by atoms with Crippen molar-refractivity contribution in [3.63, 3.8) is 0 Å². The molecule has 8 heteroatoms. The number of aromatic nitrogens is 2. The molecule has 1 amide bonds. The molecular weight excluding hydrogens is 394 g/mol. The van der Waals surface area contributed by atoms with Gasteiger partial charge in [-0.2, -0.15) is 10.2 Å². The van der Waals surface area contributed by atoms with E-state index in [1.807, 2.05) is 43.5 Å². The summed E-state index contributed by atoms with van der Waals surface area (Å²) in [7, 11) is 1.58. The van der Waals surface area contributed by atoms with Gasteiger partial charge in [-0.3, -0.25) is 4.79 Å². The van der Waals surface area contributed by atoms with Crippen LogP contribution in [0.5, 0.6) is 11.5 Å². The maximum absolute atomic E-state index is 12.0. The molecule has 0 radical (unpaired) electrons. The number of hydrazone groups is 1. The first-order chi connectivity index (χ1) is 15.1. The van der Waals surface area contributed by atoms with Gasteiger partial charge in [-0.05, 0) is 60.9 Å². The molecule has 3 aromatic rings. The molecule has 2 aromatic carbocycles. The topological polar surface area (TPSA) is 89.8 Å². The van der Waals surface area contributed by atoms with E-state index in [4.69, 9.17) is 9.47 Å². The van der Waals surface area contributed by atoms with Crippen LogP contribution in [0.25, 0.3) is 0 Å². The smallest absolute Gasteiger partial charge is 0.240 e. The molecule has 0 bridgehead atoms. The first kappa shape index (κ1) is 21.9. The maximum atomic E-state index is 12.0. The van der Waals surface area contributed by atoms with Crippen molar-refractivity contribution in [2.75, 3.05) is 19.0 Å². The average molecular weight is 422 g/mol. The van der Waals surface area contributed by atoms with Crippen molar-refractivity contribution in [3.05, 3.63) is 72.1 Å². The van der Waals surface area contributed by atoms with Crippen LogP contribution in [-0.2, 0) is 11.5 Å². The highest BCUT2D eigenvalue weighted by Gasteiger charge is 2.06. The second-order valence-corrected chi connectivity index (χ2v) is 6.92. The molecule has 0 aliphatic rings. The van der Waals surface area contributed by atoms with E-state index < -0.39 is 0 Å². The Kier molecular flexibility index (Phi) is 8.05. The molecule has 0 aliphatic carbocycles. The van der Waals surface area contributed by atoms with E-state index in [0.717, 1.165) is 17.8 Å². The largest absolute Gasteiger partial charge is 0.493 e. The van der Waals surface area contributed by atoms with Crippen LogP contribution in [0.2, 0.25) is 0 Å². The number of carbonyl (C=O) groups excluding carboxylic acids is 1. The third-order valence-electron chi connectivity index (χ3n) is 4.43. The van der Waals surface area contributed by atoms with E-state index in [1.165, 1.54) is 5.56 Å². The molecular formula is C23H27N5O3. The zero-order valence-corrected chi connectivity index (χ0v) is 17.7. The average Bonchev–Trinajstić information content (AvgIpc) is 3.29. The predicted octanol–water partition coefficient (Wildman–Crippen LogP) is 3.58. The van der Waals surface area contributed by atoms with Crippen LogP contribution in [0.15, 0.2) is 66.0 Å². The van der Waals surface area contributed by atoms with Crippen LogP contribution in [-0.4, -0.2) is 35.6 Å². The van der Waals surface area contributed by atoms with Gasteiger partial charge in [-0.15, -0.1) is 0 Å². The molecule has 0 saturated heterocycles. The van der Waals surface area contributed by atoms with Crippen LogP contribution in [0.4, 0.5) is 5.69 Å². The van der Waals surface area contributed by atoms with E-state index in [2.05, 4.69) is 27.0 Å². The third-order valence-corrected chi connectivity index (χ3v) is 4.43. The Bertz CT molecular complexity index is 1000. The normalized spacial score (nSPS) is 10.8. The Morgan fingerprint density at radius 3 is 2.87 bits per heavy atom. The van der Waals surface area contributed by atoms with Gasteiger partial charge < -0.3 is 14.8 Å². The van der Waals surface area contributed by atoms with Crippen LogP contribution in [0, 0.1) is 6.92 Å². The molecule has 31 heavy (non-hydrogen) atoms. The van der Waals surface area contributed by atoms with Gasteiger partial charge >= 0.3 is 0 Å². The Morgan fingerprint density at radius 1 is 1.19 bits per heavy atom. The van der Waals surface area contributed by atoms with E-state index >= 15 is 0 Å². The number of hydrogen-bond acceptors (Lipinski definition) is 6. The fourth-order valence-electron chi connectivity index (χ4n) is 2.87. The van der Waals surface area contributed by atoms with Crippen molar-refractivity contribution in [1.29, 1.82) is 0 Å². The number of anilines is 1. The van der Waals surface area contributed by atoms with Crippen LogP contribution < -0.4 is 20.2 Å². The minimum atomic E-state index is -0.133. The second kappa shape index (κ2) is 11.4. The lowest BCUT2D eigenvalue weighted by Crippen LogP contribution is -2.18. The molecule has 0 fully saturated rings. The zero-order chi connectivity index (χ0) is 21.9. The first-order valence-corrected chi connectivity index (χ1v) is 10.0. The zero-order valence-electron chi connectivity index (χ0n) is 17.7. The molecule has 0 aliphatic heterocycles. The van der Waals surface area contributed by atoms with Gasteiger partial charge in [-0.1, -0.05) is 12.1 Å². The minimum Gasteiger partial charge on any atom is -0.493 e. The lowest BCUT2D eigenvalue weighted by atomic mass is 10.2. The SMILES string of the molecule is COc1ccc(/C=N/NC(=O)CCCNc2cccc(C)c2)cc1OCn1cccn1. The summed E-state index contributed by atoms with van der Waals surface area (Å²) < 4.78 is 12.8. The molecule has 0 unspecified atom stereocenters. The maximum Gasteiger partial charge on any atom is 0.240 e. The van der Waals surface area contributed by atoms with Crippen LogP contribution in [0.1, 0.15) is 24.0 Å². The Morgan fingerprint density at radius 2 is 2.10 bits per heavy atom. The fraction of sp³-hybridized carbons (Fsp3) is 0.261. The van der Waals surface area contributed by atoms with Crippen molar-refractivity contribution < 1.29 is 14.3 Å². The summed E-state index contributed by atoms with van der Waals surface area (Å²) in [5.41, 5.74) is 5.59. The fourth-order valence-corrected chi connectivity index (χ4v) is 2.87. The van der Waals surface area contributed by atoms with E-state index in [-0.39, 0.29) is 12.6 Å². The lowest BCUT2D eigenvalue weighted by Gasteiger charge is -2.11. The van der Waals surface area contributed by atoms with Crippen LogP contribution in [0.3, 0.4) is 0 Å². The summed E-state index contributed by atoms with van der Waals surface area (Å²) in [5, 5.41) is 11.5. The summed E-state index contributed by atoms with van der Waals surface area (Å²) >= 11 is 0. The van der Waals surface area contributed by atoms with Gasteiger partial charge in [0.05, 0.1) is 13.3 Å².